The number of phenolic OH excluding ortho intramolecular Hbond substituents is 1. The quantitative estimate of drug-likeness (QED) is 0.443. The molecule has 0 heterocycles. The van der Waals surface area contributed by atoms with Gasteiger partial charge >= 0.3 is 0 Å². The lowest BCUT2D eigenvalue weighted by Crippen LogP contribution is -2.24. The zero-order valence-corrected chi connectivity index (χ0v) is 5.78. The minimum absolute atomic E-state index is 0.255. The van der Waals surface area contributed by atoms with Crippen LogP contribution in [0.3, 0.4) is 0 Å². The fourth-order valence-corrected chi connectivity index (χ4v) is 0.688. The Labute approximate surface area is 59.7 Å². The van der Waals surface area contributed by atoms with Gasteiger partial charge in [-0.15, -0.1) is 0 Å². The zero-order valence-electron chi connectivity index (χ0n) is 5.78. The van der Waals surface area contributed by atoms with Gasteiger partial charge in [0.1, 0.15) is 5.75 Å². The predicted octanol–water partition coefficient (Wildman–Crippen LogP) is 0.702. The van der Waals surface area contributed by atoms with Crippen LogP contribution in [0.5, 0.6) is 5.75 Å². The molecule has 1 aromatic rings. The number of nitrogens with two attached hydrogens (primary N) is 1. The summed E-state index contributed by atoms with van der Waals surface area (Å²) in [6.45, 7) is 0. The molecule has 0 atom stereocenters. The third-order valence-electron chi connectivity index (χ3n) is 1.26. The summed E-state index contributed by atoms with van der Waals surface area (Å²) in [6.07, 6.45) is 0. The normalized spacial score (nSPS) is 9.40. The van der Waals surface area contributed by atoms with Gasteiger partial charge in [0.15, 0.2) is 0 Å². The van der Waals surface area contributed by atoms with E-state index in [9.17, 15) is 0 Å². The number of aromatic hydroxyl groups is 1. The molecule has 3 nitrogen and oxygen atoms in total. The molecular weight excluding hydrogens is 128 g/mol. The Balaban J connectivity index is 2.89. The Bertz CT molecular complexity index is 205. The van der Waals surface area contributed by atoms with Crippen molar-refractivity contribution in [2.45, 2.75) is 0 Å². The lowest BCUT2D eigenvalue weighted by atomic mass is 10.3. The fraction of sp³-hybridized carbons (Fsp3) is 0.143. The van der Waals surface area contributed by atoms with Crippen LogP contribution in [0.15, 0.2) is 24.3 Å². The van der Waals surface area contributed by atoms with Crippen molar-refractivity contribution in [1.82, 2.24) is 0 Å². The van der Waals surface area contributed by atoms with Gasteiger partial charge in [-0.1, -0.05) is 0 Å². The number of hydrogen-bond acceptors (Lipinski definition) is 3. The summed E-state index contributed by atoms with van der Waals surface area (Å²) in [5.41, 5.74) is 0.873. The second kappa shape index (κ2) is 2.58. The lowest BCUT2D eigenvalue weighted by molar-refractivity contribution is 0.475. The molecule has 0 spiro atoms. The highest BCUT2D eigenvalue weighted by atomic mass is 16.3. The Kier molecular flexibility index (Phi) is 1.78. The molecule has 1 aromatic carbocycles. The van der Waals surface area contributed by atoms with Gasteiger partial charge in [0.2, 0.25) is 0 Å². The molecular formula is C7H10N2O. The number of anilines is 1. The average Bonchev–Trinajstić information content (AvgIpc) is 1.88. The van der Waals surface area contributed by atoms with E-state index in [2.05, 4.69) is 0 Å². The van der Waals surface area contributed by atoms with Gasteiger partial charge in [-0.05, 0) is 24.3 Å². The van der Waals surface area contributed by atoms with Crippen molar-refractivity contribution in [2.24, 2.45) is 5.84 Å². The van der Waals surface area contributed by atoms with Crippen molar-refractivity contribution in [2.75, 3.05) is 12.1 Å². The predicted molar refractivity (Wildman–Crippen MR) is 40.7 cm³/mol. The monoisotopic (exact) mass is 138 g/mol. The first kappa shape index (κ1) is 6.89. The van der Waals surface area contributed by atoms with Gasteiger partial charge in [0, 0.05) is 7.05 Å². The van der Waals surface area contributed by atoms with Crippen LogP contribution in [0, 0.1) is 0 Å². The highest BCUT2D eigenvalue weighted by molar-refractivity contribution is 5.46. The van der Waals surface area contributed by atoms with Crippen molar-refractivity contribution < 1.29 is 5.11 Å². The van der Waals surface area contributed by atoms with Crippen molar-refractivity contribution in [3.05, 3.63) is 24.3 Å². The molecule has 0 fully saturated rings. The molecule has 0 saturated carbocycles. The van der Waals surface area contributed by atoms with E-state index in [0.29, 0.717) is 0 Å². The number of hydrogen-bond donors (Lipinski definition) is 2. The molecule has 0 bridgehead atoms. The summed E-state index contributed by atoms with van der Waals surface area (Å²) < 4.78 is 0. The minimum atomic E-state index is 0.255. The third-order valence-corrected chi connectivity index (χ3v) is 1.26. The van der Waals surface area contributed by atoms with Crippen molar-refractivity contribution in [1.29, 1.82) is 0 Å². The van der Waals surface area contributed by atoms with E-state index in [-0.39, 0.29) is 5.75 Å². The topological polar surface area (TPSA) is 49.5 Å². The first-order valence-corrected chi connectivity index (χ1v) is 2.97. The summed E-state index contributed by atoms with van der Waals surface area (Å²) in [5.74, 6) is 5.67. The summed E-state index contributed by atoms with van der Waals surface area (Å²) in [5, 5.41) is 10.4. The summed E-state index contributed by atoms with van der Waals surface area (Å²) >= 11 is 0. The van der Waals surface area contributed by atoms with Gasteiger partial charge < -0.3 is 10.1 Å². The molecule has 54 valence electrons. The molecule has 0 unspecified atom stereocenters. The maximum Gasteiger partial charge on any atom is 0.115 e. The van der Waals surface area contributed by atoms with Crippen LogP contribution >= 0.6 is 0 Å². The molecule has 0 aliphatic carbocycles. The zero-order chi connectivity index (χ0) is 7.56. The second-order valence-corrected chi connectivity index (χ2v) is 2.13. The fourth-order valence-electron chi connectivity index (χ4n) is 0.688. The Hall–Kier alpha value is -1.22. The smallest absolute Gasteiger partial charge is 0.115 e. The van der Waals surface area contributed by atoms with E-state index in [4.69, 9.17) is 10.9 Å². The Morgan fingerprint density at radius 2 is 1.80 bits per heavy atom. The lowest BCUT2D eigenvalue weighted by Gasteiger charge is -2.10. The summed E-state index contributed by atoms with van der Waals surface area (Å²) in [4.78, 5) is 0. The molecule has 1 rings (SSSR count). The standard InChI is InChI=1S/C7H10N2O/c1-9(8)6-2-4-7(10)5-3-6/h2-5,10H,8H2,1H3. The average molecular weight is 138 g/mol. The molecule has 0 saturated heterocycles. The van der Waals surface area contributed by atoms with E-state index in [0.717, 1.165) is 5.69 Å². The van der Waals surface area contributed by atoms with Gasteiger partial charge in [-0.3, -0.25) is 0 Å². The van der Waals surface area contributed by atoms with Crippen LogP contribution in [0.1, 0.15) is 0 Å². The van der Waals surface area contributed by atoms with Gasteiger partial charge in [0.25, 0.3) is 0 Å². The summed E-state index contributed by atoms with van der Waals surface area (Å²) in [7, 11) is 1.74. The highest BCUT2D eigenvalue weighted by Gasteiger charge is 1.92. The van der Waals surface area contributed by atoms with E-state index in [1.54, 1.807) is 31.3 Å². The number of hydrazine groups is 1. The molecule has 0 aliphatic heterocycles. The number of rotatable bonds is 1. The third kappa shape index (κ3) is 1.39. The molecule has 0 radical (unpaired) electrons. The van der Waals surface area contributed by atoms with Crippen LogP contribution in [0.2, 0.25) is 0 Å². The molecule has 10 heavy (non-hydrogen) atoms. The minimum Gasteiger partial charge on any atom is -0.508 e. The largest absolute Gasteiger partial charge is 0.508 e. The Morgan fingerprint density at radius 1 is 1.30 bits per heavy atom. The molecule has 3 heteroatoms. The maximum absolute atomic E-state index is 8.88. The first-order valence-electron chi connectivity index (χ1n) is 2.97. The van der Waals surface area contributed by atoms with E-state index in [1.807, 2.05) is 0 Å². The highest BCUT2D eigenvalue weighted by Crippen LogP contribution is 2.14. The Morgan fingerprint density at radius 3 is 2.20 bits per heavy atom. The van der Waals surface area contributed by atoms with Crippen molar-refractivity contribution in [3.8, 4) is 5.75 Å². The van der Waals surface area contributed by atoms with E-state index >= 15 is 0 Å². The number of nitrogens with zero attached hydrogens (tertiary/aromatic N) is 1. The van der Waals surface area contributed by atoms with Crippen LogP contribution in [0.4, 0.5) is 5.69 Å². The number of phenols is 1. The molecule has 0 amide bonds. The molecule has 0 aliphatic rings. The van der Waals surface area contributed by atoms with Gasteiger partial charge in [-0.2, -0.15) is 0 Å². The van der Waals surface area contributed by atoms with Crippen LogP contribution in [-0.4, -0.2) is 12.2 Å². The van der Waals surface area contributed by atoms with E-state index < -0.39 is 0 Å². The van der Waals surface area contributed by atoms with Gasteiger partial charge in [0.05, 0.1) is 5.69 Å². The van der Waals surface area contributed by atoms with E-state index in [1.165, 1.54) is 5.01 Å². The van der Waals surface area contributed by atoms with Crippen molar-refractivity contribution >= 4 is 5.69 Å². The van der Waals surface area contributed by atoms with Gasteiger partial charge in [-0.25, -0.2) is 5.84 Å². The first-order chi connectivity index (χ1) is 4.70. The molecule has 3 N–H and O–H groups in total. The van der Waals surface area contributed by atoms with Crippen LogP contribution in [-0.2, 0) is 0 Å². The second-order valence-electron chi connectivity index (χ2n) is 2.13. The van der Waals surface area contributed by atoms with Crippen molar-refractivity contribution in [3.63, 3.8) is 0 Å². The SMILES string of the molecule is CN(N)c1ccc(O)cc1. The molecule has 0 aromatic heterocycles. The van der Waals surface area contributed by atoms with Crippen LogP contribution < -0.4 is 10.9 Å². The summed E-state index contributed by atoms with van der Waals surface area (Å²) in [6, 6.07) is 6.68. The van der Waals surface area contributed by atoms with Crippen LogP contribution in [0.25, 0.3) is 0 Å². The number of benzene rings is 1. The maximum atomic E-state index is 8.88.